The summed E-state index contributed by atoms with van der Waals surface area (Å²) in [6, 6.07) is 16.8. The Morgan fingerprint density at radius 1 is 1.10 bits per heavy atom. The molecule has 1 fully saturated rings. The predicted molar refractivity (Wildman–Crippen MR) is 117 cm³/mol. The summed E-state index contributed by atoms with van der Waals surface area (Å²) in [5, 5.41) is 2.84. The molecule has 7 nitrogen and oxygen atoms in total. The van der Waals surface area contributed by atoms with Crippen LogP contribution in [0.2, 0.25) is 0 Å². The molecule has 1 unspecified atom stereocenters. The molecular formula is C24H24N4O3. The van der Waals surface area contributed by atoms with Crippen LogP contribution in [-0.4, -0.2) is 28.3 Å². The summed E-state index contributed by atoms with van der Waals surface area (Å²) in [5.41, 5.74) is 8.25. The van der Waals surface area contributed by atoms with Crippen molar-refractivity contribution < 1.29 is 14.3 Å². The van der Waals surface area contributed by atoms with Crippen LogP contribution in [0.25, 0.3) is 11.4 Å². The fourth-order valence-electron chi connectivity index (χ4n) is 3.54. The number of carbonyl (C=O) groups is 2. The van der Waals surface area contributed by atoms with Crippen LogP contribution < -0.4 is 15.8 Å². The standard InChI is InChI=1S/C24H24N4O3/c1-15-2-8-19(9-3-15)31-20-10-5-16(6-11-20)23-27-18(14-21(28-23)22(25)29)7-4-17-12-13-26-24(17)30/h2-3,5-6,8-11,14,17H,4,7,12-13H2,1H3,(H2,25,29)(H,26,30). The summed E-state index contributed by atoms with van der Waals surface area (Å²) in [6.07, 6.45) is 2.06. The van der Waals surface area contributed by atoms with Crippen molar-refractivity contribution in [3.63, 3.8) is 0 Å². The van der Waals surface area contributed by atoms with Gasteiger partial charge in [0.05, 0.1) is 0 Å². The molecule has 1 saturated heterocycles. The summed E-state index contributed by atoms with van der Waals surface area (Å²) in [7, 11) is 0. The molecule has 3 N–H and O–H groups in total. The number of carbonyl (C=O) groups excluding carboxylic acids is 2. The molecule has 31 heavy (non-hydrogen) atoms. The Kier molecular flexibility index (Phi) is 5.93. The van der Waals surface area contributed by atoms with Crippen molar-refractivity contribution >= 4 is 11.8 Å². The molecule has 0 spiro atoms. The molecule has 1 atom stereocenters. The average Bonchev–Trinajstić information content (AvgIpc) is 3.19. The smallest absolute Gasteiger partial charge is 0.267 e. The first kappa shape index (κ1) is 20.5. The van der Waals surface area contributed by atoms with Gasteiger partial charge in [0, 0.05) is 23.7 Å². The van der Waals surface area contributed by atoms with Gasteiger partial charge in [-0.05, 0) is 68.7 Å². The van der Waals surface area contributed by atoms with Crippen LogP contribution in [0.5, 0.6) is 11.5 Å². The number of aromatic nitrogens is 2. The second-order valence-corrected chi connectivity index (χ2v) is 7.69. The lowest BCUT2D eigenvalue weighted by molar-refractivity contribution is -0.122. The second-order valence-electron chi connectivity index (χ2n) is 7.69. The zero-order chi connectivity index (χ0) is 21.8. The van der Waals surface area contributed by atoms with E-state index in [1.165, 1.54) is 5.56 Å². The minimum Gasteiger partial charge on any atom is -0.457 e. The van der Waals surface area contributed by atoms with Gasteiger partial charge in [0.25, 0.3) is 5.91 Å². The Hall–Kier alpha value is -3.74. The Balaban J connectivity index is 1.53. The van der Waals surface area contributed by atoms with E-state index in [4.69, 9.17) is 10.5 Å². The van der Waals surface area contributed by atoms with Gasteiger partial charge < -0.3 is 15.8 Å². The summed E-state index contributed by atoms with van der Waals surface area (Å²) in [4.78, 5) is 32.5. The van der Waals surface area contributed by atoms with E-state index in [9.17, 15) is 9.59 Å². The van der Waals surface area contributed by atoms with Crippen LogP contribution in [0.3, 0.4) is 0 Å². The van der Waals surface area contributed by atoms with Gasteiger partial charge in [-0.3, -0.25) is 9.59 Å². The van der Waals surface area contributed by atoms with Gasteiger partial charge in [-0.15, -0.1) is 0 Å². The quantitative estimate of drug-likeness (QED) is 0.614. The third-order valence-electron chi connectivity index (χ3n) is 5.31. The van der Waals surface area contributed by atoms with Gasteiger partial charge in [-0.2, -0.15) is 0 Å². The molecule has 1 aliphatic rings. The number of nitrogens with one attached hydrogen (secondary N) is 1. The summed E-state index contributed by atoms with van der Waals surface area (Å²) in [6.45, 7) is 2.73. The van der Waals surface area contributed by atoms with E-state index < -0.39 is 5.91 Å². The van der Waals surface area contributed by atoms with E-state index in [-0.39, 0.29) is 17.5 Å². The third-order valence-corrected chi connectivity index (χ3v) is 5.31. The number of hydrogen-bond donors (Lipinski definition) is 2. The molecule has 7 heteroatoms. The number of ether oxygens (including phenoxy) is 1. The number of benzene rings is 2. The number of nitrogens with zero attached hydrogens (tertiary/aromatic N) is 2. The molecule has 2 amide bonds. The number of aryl methyl sites for hydroxylation is 2. The zero-order valence-electron chi connectivity index (χ0n) is 17.3. The molecule has 2 aromatic carbocycles. The highest BCUT2D eigenvalue weighted by molar-refractivity contribution is 5.91. The molecule has 0 radical (unpaired) electrons. The lowest BCUT2D eigenvalue weighted by Gasteiger charge is -2.10. The van der Waals surface area contributed by atoms with Crippen molar-refractivity contribution in [1.82, 2.24) is 15.3 Å². The molecular weight excluding hydrogens is 392 g/mol. The molecule has 0 saturated carbocycles. The molecule has 1 aromatic heterocycles. The molecule has 0 aliphatic carbocycles. The van der Waals surface area contributed by atoms with Gasteiger partial charge in [0.15, 0.2) is 5.82 Å². The number of nitrogens with two attached hydrogens (primary N) is 1. The maximum absolute atomic E-state index is 11.8. The Labute approximate surface area is 180 Å². The number of rotatable bonds is 7. The fourth-order valence-corrected chi connectivity index (χ4v) is 3.54. The minimum atomic E-state index is -0.608. The van der Waals surface area contributed by atoms with Gasteiger partial charge in [0.2, 0.25) is 5.91 Å². The zero-order valence-corrected chi connectivity index (χ0v) is 17.3. The Morgan fingerprint density at radius 3 is 2.39 bits per heavy atom. The van der Waals surface area contributed by atoms with Crippen LogP contribution in [0, 0.1) is 12.8 Å². The van der Waals surface area contributed by atoms with E-state index in [1.807, 2.05) is 55.5 Å². The molecule has 3 aromatic rings. The monoisotopic (exact) mass is 416 g/mol. The highest BCUT2D eigenvalue weighted by atomic mass is 16.5. The van der Waals surface area contributed by atoms with E-state index >= 15 is 0 Å². The van der Waals surface area contributed by atoms with Crippen molar-refractivity contribution in [2.45, 2.75) is 26.2 Å². The highest BCUT2D eigenvalue weighted by Gasteiger charge is 2.24. The van der Waals surface area contributed by atoms with Crippen molar-refractivity contribution in [3.05, 3.63) is 71.5 Å². The maximum Gasteiger partial charge on any atom is 0.267 e. The van der Waals surface area contributed by atoms with Crippen LogP contribution in [-0.2, 0) is 11.2 Å². The predicted octanol–water partition coefficient (Wildman–Crippen LogP) is 3.41. The lowest BCUT2D eigenvalue weighted by atomic mass is 10.00. The van der Waals surface area contributed by atoms with Crippen LogP contribution in [0.1, 0.15) is 34.6 Å². The summed E-state index contributed by atoms with van der Waals surface area (Å²) >= 11 is 0. The molecule has 2 heterocycles. The topological polar surface area (TPSA) is 107 Å². The van der Waals surface area contributed by atoms with Crippen molar-refractivity contribution in [1.29, 1.82) is 0 Å². The van der Waals surface area contributed by atoms with Crippen molar-refractivity contribution in [2.24, 2.45) is 11.7 Å². The van der Waals surface area contributed by atoms with Crippen molar-refractivity contribution in [3.8, 4) is 22.9 Å². The number of hydrogen-bond acceptors (Lipinski definition) is 5. The highest BCUT2D eigenvalue weighted by Crippen LogP contribution is 2.25. The normalized spacial score (nSPS) is 15.5. The first-order valence-corrected chi connectivity index (χ1v) is 10.3. The maximum atomic E-state index is 11.8. The number of amides is 2. The minimum absolute atomic E-state index is 0.0198. The second kappa shape index (κ2) is 8.95. The van der Waals surface area contributed by atoms with E-state index in [0.29, 0.717) is 36.7 Å². The molecule has 4 rings (SSSR count). The van der Waals surface area contributed by atoms with Gasteiger partial charge in [0.1, 0.15) is 17.2 Å². The van der Waals surface area contributed by atoms with E-state index in [1.54, 1.807) is 6.07 Å². The molecule has 0 bridgehead atoms. The van der Waals surface area contributed by atoms with Crippen LogP contribution >= 0.6 is 0 Å². The fraction of sp³-hybridized carbons (Fsp3) is 0.250. The van der Waals surface area contributed by atoms with E-state index in [0.717, 1.165) is 17.7 Å². The van der Waals surface area contributed by atoms with Crippen molar-refractivity contribution in [2.75, 3.05) is 6.54 Å². The Bertz CT molecular complexity index is 1090. The van der Waals surface area contributed by atoms with Gasteiger partial charge >= 0.3 is 0 Å². The first-order chi connectivity index (χ1) is 15.0. The summed E-state index contributed by atoms with van der Waals surface area (Å²) < 4.78 is 5.86. The third kappa shape index (κ3) is 5.06. The van der Waals surface area contributed by atoms with E-state index in [2.05, 4.69) is 15.3 Å². The van der Waals surface area contributed by atoms with Gasteiger partial charge in [-0.1, -0.05) is 17.7 Å². The summed E-state index contributed by atoms with van der Waals surface area (Å²) in [5.74, 6) is 1.31. The van der Waals surface area contributed by atoms with Gasteiger partial charge in [-0.25, -0.2) is 9.97 Å². The largest absolute Gasteiger partial charge is 0.457 e. The van der Waals surface area contributed by atoms with Crippen LogP contribution in [0.15, 0.2) is 54.6 Å². The molecule has 158 valence electrons. The SMILES string of the molecule is Cc1ccc(Oc2ccc(-c3nc(CCC4CCNC4=O)cc(C(N)=O)n3)cc2)cc1. The average molecular weight is 416 g/mol. The first-order valence-electron chi connectivity index (χ1n) is 10.3. The number of primary amides is 1. The lowest BCUT2D eigenvalue weighted by Crippen LogP contribution is -2.19. The Morgan fingerprint density at radius 2 is 1.77 bits per heavy atom. The molecule has 1 aliphatic heterocycles. The van der Waals surface area contributed by atoms with Crippen LogP contribution in [0.4, 0.5) is 0 Å².